The first-order valence-corrected chi connectivity index (χ1v) is 12.1. The van der Waals surface area contributed by atoms with Crippen molar-refractivity contribution < 1.29 is 17.9 Å². The largest absolute Gasteiger partial charge is 0.494 e. The predicted molar refractivity (Wildman–Crippen MR) is 134 cm³/mol. The van der Waals surface area contributed by atoms with Gasteiger partial charge in [-0.25, -0.2) is 8.42 Å². The second-order valence-electron chi connectivity index (χ2n) is 7.30. The van der Waals surface area contributed by atoms with Crippen molar-refractivity contribution in [1.29, 1.82) is 0 Å². The third kappa shape index (κ3) is 6.53. The Kier molecular flexibility index (Phi) is 7.67. The van der Waals surface area contributed by atoms with E-state index in [0.29, 0.717) is 29.3 Å². The number of carbonyl (C=O) groups excluding carboxylic acids is 1. The highest BCUT2D eigenvalue weighted by Crippen LogP contribution is 2.20. The number of rotatable bonds is 7. The molecule has 3 N–H and O–H groups in total. The Hall–Kier alpha value is -3.43. The molecular formula is C24H25N3O4S2. The number of aryl methyl sites for hydroxylation is 2. The molecule has 3 aromatic carbocycles. The van der Waals surface area contributed by atoms with Crippen LogP contribution in [-0.4, -0.2) is 26.0 Å². The van der Waals surface area contributed by atoms with Gasteiger partial charge in [0, 0.05) is 16.9 Å². The van der Waals surface area contributed by atoms with Crippen LogP contribution in [0.15, 0.2) is 71.6 Å². The maximum atomic E-state index is 12.7. The summed E-state index contributed by atoms with van der Waals surface area (Å²) in [4.78, 5) is 12.5. The van der Waals surface area contributed by atoms with Crippen molar-refractivity contribution in [2.75, 3.05) is 16.6 Å². The summed E-state index contributed by atoms with van der Waals surface area (Å²) in [5.74, 6) is 0.209. The SMILES string of the molecule is CCOc1cccc(C(=O)NC(=S)Nc2ccc(S(=O)(=O)Nc3ccc(C)c(C)c3)cc2)c1. The van der Waals surface area contributed by atoms with E-state index in [1.54, 1.807) is 48.5 Å². The molecule has 0 saturated carbocycles. The van der Waals surface area contributed by atoms with Crippen LogP contribution >= 0.6 is 12.2 Å². The van der Waals surface area contributed by atoms with Gasteiger partial charge in [-0.15, -0.1) is 0 Å². The van der Waals surface area contributed by atoms with Crippen LogP contribution in [0.2, 0.25) is 0 Å². The molecule has 3 rings (SSSR count). The zero-order chi connectivity index (χ0) is 24.0. The summed E-state index contributed by atoms with van der Waals surface area (Å²) in [5.41, 5.74) is 3.52. The fourth-order valence-corrected chi connectivity index (χ4v) is 4.23. The fraction of sp³-hybridized carbons (Fsp3) is 0.167. The summed E-state index contributed by atoms with van der Waals surface area (Å²) in [6, 6.07) is 18.2. The Labute approximate surface area is 199 Å². The van der Waals surface area contributed by atoms with E-state index in [0.717, 1.165) is 11.1 Å². The lowest BCUT2D eigenvalue weighted by Crippen LogP contribution is -2.34. The third-order valence-electron chi connectivity index (χ3n) is 4.82. The normalized spacial score (nSPS) is 10.9. The Morgan fingerprint density at radius 3 is 2.30 bits per heavy atom. The molecule has 0 saturated heterocycles. The summed E-state index contributed by atoms with van der Waals surface area (Å²) < 4.78 is 33.3. The van der Waals surface area contributed by atoms with Gasteiger partial charge < -0.3 is 10.1 Å². The van der Waals surface area contributed by atoms with Crippen LogP contribution in [0.4, 0.5) is 11.4 Å². The maximum Gasteiger partial charge on any atom is 0.261 e. The van der Waals surface area contributed by atoms with Crippen LogP contribution in [0.5, 0.6) is 5.75 Å². The Bertz CT molecular complexity index is 1270. The average molecular weight is 484 g/mol. The van der Waals surface area contributed by atoms with E-state index in [1.165, 1.54) is 12.1 Å². The van der Waals surface area contributed by atoms with Crippen molar-refractivity contribution >= 4 is 44.6 Å². The molecule has 1 amide bonds. The van der Waals surface area contributed by atoms with E-state index in [2.05, 4.69) is 15.4 Å². The van der Waals surface area contributed by atoms with Gasteiger partial charge in [-0.05, 0) is 98.7 Å². The second kappa shape index (κ2) is 10.5. The minimum Gasteiger partial charge on any atom is -0.494 e. The van der Waals surface area contributed by atoms with Crippen LogP contribution in [0, 0.1) is 13.8 Å². The second-order valence-corrected chi connectivity index (χ2v) is 9.39. The van der Waals surface area contributed by atoms with Gasteiger partial charge in [0.15, 0.2) is 5.11 Å². The highest BCUT2D eigenvalue weighted by atomic mass is 32.2. The first-order chi connectivity index (χ1) is 15.7. The molecule has 33 heavy (non-hydrogen) atoms. The summed E-state index contributed by atoms with van der Waals surface area (Å²) in [6.45, 7) is 6.24. The number of benzene rings is 3. The topological polar surface area (TPSA) is 96.5 Å². The molecule has 7 nitrogen and oxygen atoms in total. The minimum atomic E-state index is -3.74. The first-order valence-electron chi connectivity index (χ1n) is 10.2. The van der Waals surface area contributed by atoms with E-state index < -0.39 is 10.0 Å². The molecule has 0 aromatic heterocycles. The smallest absolute Gasteiger partial charge is 0.261 e. The molecule has 9 heteroatoms. The van der Waals surface area contributed by atoms with Gasteiger partial charge in [0.25, 0.3) is 15.9 Å². The molecule has 0 aliphatic heterocycles. The minimum absolute atomic E-state index is 0.0886. The molecule has 0 aliphatic carbocycles. The van der Waals surface area contributed by atoms with Gasteiger partial charge in [-0.3, -0.25) is 14.8 Å². The van der Waals surface area contributed by atoms with Crippen LogP contribution in [0.3, 0.4) is 0 Å². The predicted octanol–water partition coefficient (Wildman–Crippen LogP) is 4.63. The summed E-state index contributed by atoms with van der Waals surface area (Å²) in [6.07, 6.45) is 0. The van der Waals surface area contributed by atoms with Crippen molar-refractivity contribution in [3.05, 3.63) is 83.4 Å². The third-order valence-corrected chi connectivity index (χ3v) is 6.42. The number of sulfonamides is 1. The molecule has 3 aromatic rings. The van der Waals surface area contributed by atoms with Crippen LogP contribution in [-0.2, 0) is 10.0 Å². The summed E-state index contributed by atoms with van der Waals surface area (Å²) in [5, 5.41) is 5.56. The van der Waals surface area contributed by atoms with Crippen LogP contribution in [0.25, 0.3) is 0 Å². The van der Waals surface area contributed by atoms with Gasteiger partial charge in [0.2, 0.25) is 0 Å². The summed E-state index contributed by atoms with van der Waals surface area (Å²) in [7, 11) is -3.74. The highest BCUT2D eigenvalue weighted by molar-refractivity contribution is 7.92. The lowest BCUT2D eigenvalue weighted by molar-refractivity contribution is 0.0977. The van der Waals surface area contributed by atoms with E-state index in [9.17, 15) is 13.2 Å². The zero-order valence-corrected chi connectivity index (χ0v) is 20.1. The van der Waals surface area contributed by atoms with Crippen molar-refractivity contribution in [3.8, 4) is 5.75 Å². The number of amides is 1. The fourth-order valence-electron chi connectivity index (χ4n) is 2.97. The van der Waals surface area contributed by atoms with Gasteiger partial charge in [-0.1, -0.05) is 12.1 Å². The number of thiocarbonyl (C=S) groups is 1. The quantitative estimate of drug-likeness (QED) is 0.424. The Morgan fingerprint density at radius 1 is 0.939 bits per heavy atom. The molecule has 0 bridgehead atoms. The molecule has 0 heterocycles. The zero-order valence-electron chi connectivity index (χ0n) is 18.5. The van der Waals surface area contributed by atoms with Crippen LogP contribution < -0.4 is 20.1 Å². The molecule has 0 atom stereocenters. The van der Waals surface area contributed by atoms with Gasteiger partial charge in [0.05, 0.1) is 11.5 Å². The van der Waals surface area contributed by atoms with E-state index in [-0.39, 0.29) is 15.9 Å². The lowest BCUT2D eigenvalue weighted by Gasteiger charge is -2.12. The molecule has 0 radical (unpaired) electrons. The maximum absolute atomic E-state index is 12.7. The number of hydrogen-bond donors (Lipinski definition) is 3. The van der Waals surface area contributed by atoms with Crippen molar-refractivity contribution in [1.82, 2.24) is 5.32 Å². The van der Waals surface area contributed by atoms with Crippen LogP contribution in [0.1, 0.15) is 28.4 Å². The Morgan fingerprint density at radius 2 is 1.64 bits per heavy atom. The van der Waals surface area contributed by atoms with E-state index in [4.69, 9.17) is 17.0 Å². The van der Waals surface area contributed by atoms with Crippen molar-refractivity contribution in [2.24, 2.45) is 0 Å². The van der Waals surface area contributed by atoms with E-state index >= 15 is 0 Å². The van der Waals surface area contributed by atoms with Gasteiger partial charge in [-0.2, -0.15) is 0 Å². The molecule has 172 valence electrons. The van der Waals surface area contributed by atoms with Gasteiger partial charge in [0.1, 0.15) is 5.75 Å². The Balaban J connectivity index is 1.62. The first kappa shape index (κ1) is 24.2. The summed E-state index contributed by atoms with van der Waals surface area (Å²) >= 11 is 5.21. The monoisotopic (exact) mass is 483 g/mol. The lowest BCUT2D eigenvalue weighted by atomic mass is 10.1. The number of ether oxygens (including phenoxy) is 1. The number of anilines is 2. The number of nitrogens with one attached hydrogen (secondary N) is 3. The van der Waals surface area contributed by atoms with Crippen molar-refractivity contribution in [2.45, 2.75) is 25.7 Å². The highest BCUT2D eigenvalue weighted by Gasteiger charge is 2.15. The number of hydrogen-bond acceptors (Lipinski definition) is 5. The molecule has 0 fully saturated rings. The molecule has 0 aliphatic rings. The van der Waals surface area contributed by atoms with Gasteiger partial charge >= 0.3 is 0 Å². The number of carbonyl (C=O) groups is 1. The molecular weight excluding hydrogens is 458 g/mol. The molecule has 0 unspecified atom stereocenters. The van der Waals surface area contributed by atoms with E-state index in [1.807, 2.05) is 26.8 Å². The molecule has 0 spiro atoms. The average Bonchev–Trinajstić information content (AvgIpc) is 2.77. The van der Waals surface area contributed by atoms with Crippen molar-refractivity contribution in [3.63, 3.8) is 0 Å². The standard InChI is InChI=1S/C24H25N3O4S2/c1-4-31-21-7-5-6-18(15-21)23(28)26-24(32)25-19-10-12-22(13-11-19)33(29,30)27-20-9-8-16(2)17(3)14-20/h5-15,27H,4H2,1-3H3,(H2,25,26,28,32).